The molecule has 1 aliphatic rings. The summed E-state index contributed by atoms with van der Waals surface area (Å²) in [5.74, 6) is 0.718. The Balaban J connectivity index is 1.78. The second kappa shape index (κ2) is 7.37. The van der Waals surface area contributed by atoms with Crippen molar-refractivity contribution >= 4 is 7.82 Å². The summed E-state index contributed by atoms with van der Waals surface area (Å²) in [5.41, 5.74) is 2.62. The molecule has 5 heteroatoms. The normalized spacial score (nSPS) is 17.3. The number of hydrogen-bond acceptors (Lipinski definition) is 2. The molecule has 0 unspecified atom stereocenters. The highest BCUT2D eigenvalue weighted by Gasteiger charge is 2.15. The standard InChI is InChI=1S/C15H23O4P/c16-20(17,18)19-12-4-5-13-8-10-15(11-9-13)14-6-2-1-3-7-14/h8-11,14H,1-7,12H2,(H2,16,17,18). The summed E-state index contributed by atoms with van der Waals surface area (Å²) in [6.45, 7) is 0.0919. The first-order chi connectivity index (χ1) is 9.54. The summed E-state index contributed by atoms with van der Waals surface area (Å²) >= 11 is 0. The van der Waals surface area contributed by atoms with Gasteiger partial charge < -0.3 is 9.79 Å². The van der Waals surface area contributed by atoms with Gasteiger partial charge in [-0.25, -0.2) is 4.57 Å². The molecule has 1 aromatic carbocycles. The van der Waals surface area contributed by atoms with Crippen LogP contribution >= 0.6 is 7.82 Å². The molecule has 0 aliphatic heterocycles. The number of hydrogen-bond donors (Lipinski definition) is 2. The number of benzene rings is 1. The molecule has 0 spiro atoms. The van der Waals surface area contributed by atoms with Crippen molar-refractivity contribution in [2.45, 2.75) is 50.9 Å². The van der Waals surface area contributed by atoms with Crippen molar-refractivity contribution < 1.29 is 18.9 Å². The lowest BCUT2D eigenvalue weighted by atomic mass is 9.84. The fraction of sp³-hybridized carbons (Fsp3) is 0.600. The maximum atomic E-state index is 10.5. The smallest absolute Gasteiger partial charge is 0.303 e. The zero-order valence-corrected chi connectivity index (χ0v) is 12.6. The highest BCUT2D eigenvalue weighted by atomic mass is 31.2. The van der Waals surface area contributed by atoms with Crippen LogP contribution in [0.4, 0.5) is 0 Å². The molecular weight excluding hydrogens is 275 g/mol. The Bertz CT molecular complexity index is 445. The van der Waals surface area contributed by atoms with Crippen LogP contribution in [0.15, 0.2) is 24.3 Å². The fourth-order valence-corrected chi connectivity index (χ4v) is 3.22. The average molecular weight is 298 g/mol. The molecule has 0 aromatic heterocycles. The van der Waals surface area contributed by atoms with E-state index >= 15 is 0 Å². The van der Waals surface area contributed by atoms with E-state index in [2.05, 4.69) is 28.8 Å². The number of aryl methyl sites for hydroxylation is 1. The minimum Gasteiger partial charge on any atom is -0.303 e. The third-order valence-electron chi connectivity index (χ3n) is 3.93. The van der Waals surface area contributed by atoms with Gasteiger partial charge in [-0.3, -0.25) is 4.52 Å². The quantitative estimate of drug-likeness (QED) is 0.619. The van der Waals surface area contributed by atoms with Crippen molar-refractivity contribution in [1.82, 2.24) is 0 Å². The van der Waals surface area contributed by atoms with Crippen LogP contribution in [-0.4, -0.2) is 16.4 Å². The molecule has 20 heavy (non-hydrogen) atoms. The summed E-state index contributed by atoms with van der Waals surface area (Å²) < 4.78 is 15.0. The molecule has 1 saturated carbocycles. The summed E-state index contributed by atoms with van der Waals surface area (Å²) in [6, 6.07) is 8.66. The molecule has 2 N–H and O–H groups in total. The largest absolute Gasteiger partial charge is 0.469 e. The first-order valence-corrected chi connectivity index (χ1v) is 8.86. The minimum absolute atomic E-state index is 0.0919. The van der Waals surface area contributed by atoms with Crippen LogP contribution < -0.4 is 0 Å². The van der Waals surface area contributed by atoms with E-state index in [1.807, 2.05) is 0 Å². The van der Waals surface area contributed by atoms with Crippen LogP contribution in [0.3, 0.4) is 0 Å². The van der Waals surface area contributed by atoms with Gasteiger partial charge in [0.2, 0.25) is 0 Å². The summed E-state index contributed by atoms with van der Waals surface area (Å²) in [7, 11) is -4.31. The zero-order chi connectivity index (χ0) is 14.4. The van der Waals surface area contributed by atoms with Gasteiger partial charge in [0, 0.05) is 0 Å². The summed E-state index contributed by atoms with van der Waals surface area (Å²) in [6.07, 6.45) is 8.05. The first-order valence-electron chi connectivity index (χ1n) is 7.33. The van der Waals surface area contributed by atoms with Gasteiger partial charge in [-0.05, 0) is 42.7 Å². The van der Waals surface area contributed by atoms with Crippen LogP contribution in [-0.2, 0) is 15.5 Å². The molecule has 1 aromatic rings. The first kappa shape index (κ1) is 15.7. The zero-order valence-electron chi connectivity index (χ0n) is 11.7. The van der Waals surface area contributed by atoms with E-state index in [-0.39, 0.29) is 6.61 Å². The van der Waals surface area contributed by atoms with Crippen molar-refractivity contribution in [3.8, 4) is 0 Å². The topological polar surface area (TPSA) is 66.8 Å². The van der Waals surface area contributed by atoms with Gasteiger partial charge >= 0.3 is 7.82 Å². The Morgan fingerprint density at radius 2 is 1.75 bits per heavy atom. The van der Waals surface area contributed by atoms with Crippen molar-refractivity contribution in [3.05, 3.63) is 35.4 Å². The SMILES string of the molecule is O=P(O)(O)OCCCc1ccc(C2CCCCC2)cc1. The maximum absolute atomic E-state index is 10.5. The molecule has 112 valence electrons. The molecule has 1 fully saturated rings. The molecule has 0 heterocycles. The summed E-state index contributed by atoms with van der Waals surface area (Å²) in [5, 5.41) is 0. The minimum atomic E-state index is -4.31. The highest BCUT2D eigenvalue weighted by Crippen LogP contribution is 2.36. The molecule has 0 atom stereocenters. The molecule has 0 saturated heterocycles. The lowest BCUT2D eigenvalue weighted by Gasteiger charge is -2.22. The predicted molar refractivity (Wildman–Crippen MR) is 78.6 cm³/mol. The molecule has 2 rings (SSSR count). The molecule has 4 nitrogen and oxygen atoms in total. The van der Waals surface area contributed by atoms with Crippen LogP contribution in [0, 0.1) is 0 Å². The number of phosphoric ester groups is 1. The van der Waals surface area contributed by atoms with Gasteiger partial charge in [-0.15, -0.1) is 0 Å². The third-order valence-corrected chi connectivity index (χ3v) is 4.44. The van der Waals surface area contributed by atoms with E-state index < -0.39 is 7.82 Å². The van der Waals surface area contributed by atoms with Gasteiger partial charge in [0.05, 0.1) is 6.61 Å². The Morgan fingerprint density at radius 1 is 1.10 bits per heavy atom. The van der Waals surface area contributed by atoms with Gasteiger partial charge in [0.1, 0.15) is 0 Å². The highest BCUT2D eigenvalue weighted by molar-refractivity contribution is 7.46. The monoisotopic (exact) mass is 298 g/mol. The van der Waals surface area contributed by atoms with E-state index in [4.69, 9.17) is 9.79 Å². The number of phosphoric acid groups is 1. The molecule has 0 amide bonds. The van der Waals surface area contributed by atoms with Gasteiger partial charge in [0.25, 0.3) is 0 Å². The third kappa shape index (κ3) is 5.37. The van der Waals surface area contributed by atoms with Crippen molar-refractivity contribution in [1.29, 1.82) is 0 Å². The van der Waals surface area contributed by atoms with Crippen molar-refractivity contribution in [3.63, 3.8) is 0 Å². The molecule has 0 bridgehead atoms. The van der Waals surface area contributed by atoms with Gasteiger partial charge in [-0.2, -0.15) is 0 Å². The second-order valence-electron chi connectivity index (χ2n) is 5.50. The predicted octanol–water partition coefficient (Wildman–Crippen LogP) is 3.78. The van der Waals surface area contributed by atoms with E-state index in [1.54, 1.807) is 0 Å². The lowest BCUT2D eigenvalue weighted by molar-refractivity contribution is 0.195. The molecule has 1 aliphatic carbocycles. The Morgan fingerprint density at radius 3 is 2.35 bits per heavy atom. The fourth-order valence-electron chi connectivity index (χ4n) is 2.85. The van der Waals surface area contributed by atoms with Gasteiger partial charge in [-0.1, -0.05) is 43.5 Å². The van der Waals surface area contributed by atoms with E-state index in [0.29, 0.717) is 6.42 Å². The van der Waals surface area contributed by atoms with Crippen LogP contribution in [0.2, 0.25) is 0 Å². The Kier molecular flexibility index (Phi) is 5.79. The molecular formula is C15H23O4P. The molecule has 0 radical (unpaired) electrons. The van der Waals surface area contributed by atoms with E-state index in [1.165, 1.54) is 43.2 Å². The second-order valence-corrected chi connectivity index (χ2v) is 6.74. The Labute approximate surface area is 120 Å². The summed E-state index contributed by atoms with van der Waals surface area (Å²) in [4.78, 5) is 17.2. The van der Waals surface area contributed by atoms with Gasteiger partial charge in [0.15, 0.2) is 0 Å². The van der Waals surface area contributed by atoms with E-state index in [9.17, 15) is 4.57 Å². The van der Waals surface area contributed by atoms with E-state index in [0.717, 1.165) is 12.3 Å². The van der Waals surface area contributed by atoms with Crippen LogP contribution in [0.1, 0.15) is 55.6 Å². The average Bonchev–Trinajstić information content (AvgIpc) is 2.44. The Hall–Kier alpha value is -0.670. The van der Waals surface area contributed by atoms with Crippen LogP contribution in [0.5, 0.6) is 0 Å². The maximum Gasteiger partial charge on any atom is 0.469 e. The van der Waals surface area contributed by atoms with Crippen LogP contribution in [0.25, 0.3) is 0 Å². The number of rotatable bonds is 6. The van der Waals surface area contributed by atoms with Crippen molar-refractivity contribution in [2.24, 2.45) is 0 Å². The lowest BCUT2D eigenvalue weighted by Crippen LogP contribution is -2.04. The van der Waals surface area contributed by atoms with Crippen molar-refractivity contribution in [2.75, 3.05) is 6.61 Å².